The van der Waals surface area contributed by atoms with Crippen molar-refractivity contribution in [3.8, 4) is 0 Å². The molecule has 0 aromatic carbocycles. The Morgan fingerprint density at radius 3 is 2.93 bits per heavy atom. The number of carbonyl (C=O) groups excluding carboxylic acids is 1. The number of fused-ring (bicyclic) bond motifs is 4. The summed E-state index contributed by atoms with van der Waals surface area (Å²) in [6, 6.07) is 6.24. The lowest BCUT2D eigenvalue weighted by Crippen LogP contribution is -2.49. The Kier molecular flexibility index (Phi) is 5.25. The molecule has 0 spiro atoms. The number of pyridine rings is 1. The topological polar surface area (TPSA) is 67.9 Å². The number of aromatic nitrogens is 1. The number of ether oxygens (including phenoxy) is 1. The molecule has 5 heterocycles. The van der Waals surface area contributed by atoms with Crippen LogP contribution in [0, 0.1) is 5.92 Å². The highest BCUT2D eigenvalue weighted by molar-refractivity contribution is 5.94. The van der Waals surface area contributed by atoms with E-state index in [1.54, 1.807) is 13.2 Å². The van der Waals surface area contributed by atoms with Crippen LogP contribution in [0.5, 0.6) is 0 Å². The van der Waals surface area contributed by atoms with Crippen molar-refractivity contribution in [2.75, 3.05) is 33.4 Å². The van der Waals surface area contributed by atoms with Gasteiger partial charge in [-0.15, -0.1) is 0 Å². The van der Waals surface area contributed by atoms with Gasteiger partial charge in [-0.3, -0.25) is 14.5 Å². The molecule has 2 aromatic rings. The lowest BCUT2D eigenvalue weighted by molar-refractivity contribution is 0.0593. The maximum Gasteiger partial charge on any atom is 0.257 e. The second kappa shape index (κ2) is 8.04. The monoisotopic (exact) mass is 411 g/mol. The third-order valence-corrected chi connectivity index (χ3v) is 6.97. The lowest BCUT2D eigenvalue weighted by Gasteiger charge is -2.43. The zero-order valence-electron chi connectivity index (χ0n) is 17.5. The van der Waals surface area contributed by atoms with E-state index in [2.05, 4.69) is 11.0 Å². The number of rotatable bonds is 5. The van der Waals surface area contributed by atoms with E-state index < -0.39 is 0 Å². The Hall–Kier alpha value is -2.38. The fourth-order valence-electron chi connectivity index (χ4n) is 5.55. The van der Waals surface area contributed by atoms with Gasteiger partial charge in [-0.2, -0.15) is 0 Å². The molecule has 0 unspecified atom stereocenters. The van der Waals surface area contributed by atoms with Gasteiger partial charge in [0.1, 0.15) is 6.26 Å². The highest BCUT2D eigenvalue weighted by Crippen LogP contribution is 2.36. The van der Waals surface area contributed by atoms with Gasteiger partial charge in [-0.05, 0) is 43.9 Å². The van der Waals surface area contributed by atoms with Crippen LogP contribution in [0.3, 0.4) is 0 Å². The van der Waals surface area contributed by atoms with E-state index in [0.29, 0.717) is 43.7 Å². The van der Waals surface area contributed by atoms with E-state index in [1.165, 1.54) is 12.5 Å². The summed E-state index contributed by atoms with van der Waals surface area (Å²) in [7, 11) is 1.74. The molecule has 7 nitrogen and oxygen atoms in total. The molecular weight excluding hydrogens is 382 g/mol. The van der Waals surface area contributed by atoms with Gasteiger partial charge in [0.2, 0.25) is 0 Å². The third kappa shape index (κ3) is 3.50. The van der Waals surface area contributed by atoms with E-state index in [1.807, 2.05) is 15.5 Å². The zero-order chi connectivity index (χ0) is 20.7. The van der Waals surface area contributed by atoms with Crippen molar-refractivity contribution in [1.82, 2.24) is 14.4 Å². The van der Waals surface area contributed by atoms with E-state index in [0.717, 1.165) is 43.7 Å². The molecule has 3 atom stereocenters. The second-order valence-corrected chi connectivity index (χ2v) is 8.94. The molecule has 0 radical (unpaired) electrons. The summed E-state index contributed by atoms with van der Waals surface area (Å²) in [5, 5.41) is 0. The number of methoxy groups -OCH3 is 1. The normalized spacial score (nSPS) is 26.0. The number of likely N-dealkylation sites (tertiary alicyclic amines) is 2. The van der Waals surface area contributed by atoms with Gasteiger partial charge in [-0.25, -0.2) is 0 Å². The molecule has 0 saturated carbocycles. The SMILES string of the molecule is COC[C@@H]1CCCN1Cc1ccc2n(c1=O)C[C@H]1C[C@@H]2CN(C(=O)c2ccoc2)C1. The smallest absolute Gasteiger partial charge is 0.257 e. The average Bonchev–Trinajstić information content (AvgIpc) is 3.43. The number of nitrogens with zero attached hydrogens (tertiary/aromatic N) is 3. The van der Waals surface area contributed by atoms with E-state index in [9.17, 15) is 9.59 Å². The Morgan fingerprint density at radius 2 is 2.13 bits per heavy atom. The molecule has 2 aromatic heterocycles. The molecule has 2 bridgehead atoms. The Labute approximate surface area is 176 Å². The molecule has 30 heavy (non-hydrogen) atoms. The predicted octanol–water partition coefficient (Wildman–Crippen LogP) is 2.31. The minimum absolute atomic E-state index is 0.0177. The van der Waals surface area contributed by atoms with Crippen LogP contribution in [-0.2, 0) is 17.8 Å². The van der Waals surface area contributed by atoms with E-state index >= 15 is 0 Å². The Bertz CT molecular complexity index is 967. The molecule has 3 aliphatic heterocycles. The molecule has 5 rings (SSSR count). The van der Waals surface area contributed by atoms with Crippen molar-refractivity contribution >= 4 is 5.91 Å². The summed E-state index contributed by atoms with van der Waals surface area (Å²) >= 11 is 0. The maximum atomic E-state index is 13.3. The van der Waals surface area contributed by atoms with Crippen LogP contribution < -0.4 is 5.56 Å². The Morgan fingerprint density at radius 1 is 1.23 bits per heavy atom. The van der Waals surface area contributed by atoms with Crippen LogP contribution in [0.2, 0.25) is 0 Å². The molecule has 2 fully saturated rings. The van der Waals surface area contributed by atoms with E-state index in [4.69, 9.17) is 9.15 Å². The first-order valence-corrected chi connectivity index (χ1v) is 10.9. The number of amides is 1. The first kappa shape index (κ1) is 19.6. The van der Waals surface area contributed by atoms with Gasteiger partial charge in [0.05, 0.1) is 18.4 Å². The third-order valence-electron chi connectivity index (χ3n) is 6.97. The lowest BCUT2D eigenvalue weighted by atomic mass is 9.82. The van der Waals surface area contributed by atoms with Gasteiger partial charge in [0.25, 0.3) is 11.5 Å². The molecule has 0 aliphatic carbocycles. The minimum Gasteiger partial charge on any atom is -0.472 e. The first-order valence-electron chi connectivity index (χ1n) is 10.9. The summed E-state index contributed by atoms with van der Waals surface area (Å²) in [6.45, 7) is 4.46. The first-order chi connectivity index (χ1) is 14.6. The van der Waals surface area contributed by atoms with Crippen molar-refractivity contribution in [2.45, 2.75) is 44.3 Å². The molecule has 0 N–H and O–H groups in total. The zero-order valence-corrected chi connectivity index (χ0v) is 17.5. The fourth-order valence-corrected chi connectivity index (χ4v) is 5.55. The average molecular weight is 412 g/mol. The molecular formula is C23H29N3O4. The van der Waals surface area contributed by atoms with Crippen LogP contribution in [0.15, 0.2) is 39.9 Å². The summed E-state index contributed by atoms with van der Waals surface area (Å²) in [6.07, 6.45) is 6.37. The van der Waals surface area contributed by atoms with Gasteiger partial charge in [0, 0.05) is 56.5 Å². The van der Waals surface area contributed by atoms with Crippen LogP contribution >= 0.6 is 0 Å². The maximum absolute atomic E-state index is 13.3. The minimum atomic E-state index is 0.0177. The van der Waals surface area contributed by atoms with Crippen LogP contribution in [0.25, 0.3) is 0 Å². The number of hydrogen-bond acceptors (Lipinski definition) is 5. The van der Waals surface area contributed by atoms with Gasteiger partial charge < -0.3 is 18.6 Å². The van der Waals surface area contributed by atoms with Crippen molar-refractivity contribution < 1.29 is 13.9 Å². The van der Waals surface area contributed by atoms with Crippen LogP contribution in [0.1, 0.15) is 46.8 Å². The van der Waals surface area contributed by atoms with Gasteiger partial charge in [0.15, 0.2) is 0 Å². The predicted molar refractivity (Wildman–Crippen MR) is 111 cm³/mol. The molecule has 7 heteroatoms. The van der Waals surface area contributed by atoms with Crippen molar-refractivity contribution in [3.63, 3.8) is 0 Å². The van der Waals surface area contributed by atoms with Gasteiger partial charge in [-0.1, -0.05) is 6.07 Å². The van der Waals surface area contributed by atoms with Crippen LogP contribution in [0.4, 0.5) is 0 Å². The molecule has 160 valence electrons. The molecule has 1 amide bonds. The summed E-state index contributed by atoms with van der Waals surface area (Å²) in [5.41, 5.74) is 2.67. The largest absolute Gasteiger partial charge is 0.472 e. The van der Waals surface area contributed by atoms with E-state index in [-0.39, 0.29) is 17.4 Å². The van der Waals surface area contributed by atoms with Crippen molar-refractivity contribution in [2.24, 2.45) is 5.92 Å². The van der Waals surface area contributed by atoms with Crippen molar-refractivity contribution in [3.05, 3.63) is 57.9 Å². The highest BCUT2D eigenvalue weighted by Gasteiger charge is 2.37. The molecule has 2 saturated heterocycles. The quantitative estimate of drug-likeness (QED) is 0.755. The fraction of sp³-hybridized carbons (Fsp3) is 0.565. The number of piperidine rings is 1. The summed E-state index contributed by atoms with van der Waals surface area (Å²) < 4.78 is 12.4. The number of furan rings is 1. The Balaban J connectivity index is 1.36. The highest BCUT2D eigenvalue weighted by atomic mass is 16.5. The van der Waals surface area contributed by atoms with Crippen LogP contribution in [-0.4, -0.2) is 59.7 Å². The molecule has 3 aliphatic rings. The standard InChI is InChI=1S/C23H29N3O4/c1-29-15-20-3-2-7-24(20)12-17-4-5-21-19-9-16(11-26(21)23(17)28)10-25(13-19)22(27)18-6-8-30-14-18/h4-6,8,14,16,19-20H,2-3,7,9-13,15H2,1H3/t16-,19+,20-/m0/s1. The number of carbonyl (C=O) groups is 1. The second-order valence-electron chi connectivity index (χ2n) is 8.94. The summed E-state index contributed by atoms with van der Waals surface area (Å²) in [5.74, 6) is 0.542. The van der Waals surface area contributed by atoms with Crippen molar-refractivity contribution in [1.29, 1.82) is 0 Å². The number of hydrogen-bond donors (Lipinski definition) is 0. The van der Waals surface area contributed by atoms with Gasteiger partial charge >= 0.3 is 0 Å². The summed E-state index contributed by atoms with van der Waals surface area (Å²) in [4.78, 5) is 30.4.